The Hall–Kier alpha value is -5.02. The molecule has 1 aliphatic rings. The molecular weight excluding hydrogens is 715 g/mol. The molecule has 4 heteroatoms. The summed E-state index contributed by atoms with van der Waals surface area (Å²) in [4.78, 5) is 14.3. The third kappa shape index (κ3) is 5.31. The Bertz CT molecular complexity index is 1880. The molecule has 0 spiro atoms. The van der Waals surface area contributed by atoms with Crippen LogP contribution >= 0.6 is 0 Å². The van der Waals surface area contributed by atoms with E-state index in [1.54, 1.807) is 6.20 Å². The molecule has 0 amide bonds. The quantitative estimate of drug-likeness (QED) is 0.170. The minimum Gasteiger partial charge on any atom is -0.305 e. The van der Waals surface area contributed by atoms with Crippen molar-refractivity contribution in [1.82, 2.24) is 15.0 Å². The summed E-state index contributed by atoms with van der Waals surface area (Å²) in [7, 11) is 0. The predicted molar refractivity (Wildman–Crippen MR) is 171 cm³/mol. The summed E-state index contributed by atoms with van der Waals surface area (Å²) in [6.07, 6.45) is 3.66. The van der Waals surface area contributed by atoms with E-state index in [4.69, 9.17) is 9.97 Å². The second kappa shape index (κ2) is 13.1. The van der Waals surface area contributed by atoms with Gasteiger partial charge in [0.1, 0.15) is 0 Å². The Morgan fingerprint density at radius 2 is 1.11 bits per heavy atom. The Labute approximate surface area is 271 Å². The second-order valence-electron chi connectivity index (χ2n) is 10.1. The number of fused-ring (bicyclic) bond motifs is 3. The summed E-state index contributed by atoms with van der Waals surface area (Å²) in [5.41, 5.74) is 9.77. The van der Waals surface area contributed by atoms with Crippen molar-refractivity contribution in [1.29, 1.82) is 0 Å². The van der Waals surface area contributed by atoms with Crippen molar-refractivity contribution in [3.8, 4) is 33.6 Å². The van der Waals surface area contributed by atoms with Gasteiger partial charge in [-0.1, -0.05) is 54.6 Å². The van der Waals surface area contributed by atoms with Crippen LogP contribution in [-0.2, 0) is 25.5 Å². The van der Waals surface area contributed by atoms with Crippen molar-refractivity contribution in [2.45, 2.75) is 5.41 Å². The van der Waals surface area contributed by atoms with Crippen LogP contribution in [0.1, 0.15) is 22.5 Å². The molecule has 3 aromatic heterocycles. The van der Waals surface area contributed by atoms with E-state index in [2.05, 4.69) is 77.8 Å². The molecule has 44 heavy (non-hydrogen) atoms. The van der Waals surface area contributed by atoms with Crippen LogP contribution in [-0.4, -0.2) is 15.0 Å². The Morgan fingerprint density at radius 3 is 1.82 bits per heavy atom. The number of rotatable bonds is 4. The molecule has 0 N–H and O–H groups in total. The first-order chi connectivity index (χ1) is 21.4. The molecule has 210 valence electrons. The Balaban J connectivity index is 0.000000222. The molecule has 0 aliphatic heterocycles. The SMILES string of the molecule is [Ir+3].[c-]1ccccc1-c1cccc([C@@]2(c3[c-]cccc3)c3ccccc3-c3cccnc32)n1.[c-]1ccccc1-c1ccccn1. The van der Waals surface area contributed by atoms with Gasteiger partial charge in [-0.2, -0.15) is 30.3 Å². The predicted octanol–water partition coefficient (Wildman–Crippen LogP) is 8.65. The third-order valence-corrected chi connectivity index (χ3v) is 7.67. The Morgan fingerprint density at radius 1 is 0.477 bits per heavy atom. The number of pyridine rings is 3. The van der Waals surface area contributed by atoms with Crippen molar-refractivity contribution in [3.63, 3.8) is 0 Å². The molecule has 1 atom stereocenters. The number of aromatic nitrogens is 3. The van der Waals surface area contributed by atoms with E-state index in [0.717, 1.165) is 45.0 Å². The molecular formula is C40H26IrN3. The topological polar surface area (TPSA) is 38.7 Å². The maximum atomic E-state index is 5.18. The summed E-state index contributed by atoms with van der Waals surface area (Å²) < 4.78 is 0. The van der Waals surface area contributed by atoms with Crippen LogP contribution in [0.15, 0.2) is 158 Å². The molecule has 0 unspecified atom stereocenters. The van der Waals surface area contributed by atoms with Crippen molar-refractivity contribution >= 4 is 0 Å². The van der Waals surface area contributed by atoms with Gasteiger partial charge in [0.25, 0.3) is 0 Å². The van der Waals surface area contributed by atoms with Crippen LogP contribution in [0.3, 0.4) is 0 Å². The standard InChI is InChI=1S/C29H18N2.C11H8N.Ir/c1-3-11-21(12-4-1)26-18-9-19-27(31-26)29(22-13-5-2-6-14-22)25-17-8-7-15-23(25)24-16-10-20-30-28(24)29;1-2-6-10(7-3-1)11-8-4-5-9-12-11;/h1-11,13,15-20H;1-6,8-9H;/q-2;-1;+3/t29-;;/m1../s1. The summed E-state index contributed by atoms with van der Waals surface area (Å²) in [5.74, 6) is 0. The van der Waals surface area contributed by atoms with E-state index >= 15 is 0 Å². The molecule has 0 bridgehead atoms. The third-order valence-electron chi connectivity index (χ3n) is 7.67. The number of hydrogen-bond acceptors (Lipinski definition) is 3. The van der Waals surface area contributed by atoms with Crippen LogP contribution in [0.5, 0.6) is 0 Å². The largest absolute Gasteiger partial charge is 3.00 e. The molecule has 8 rings (SSSR count). The first kappa shape index (κ1) is 29.1. The van der Waals surface area contributed by atoms with Gasteiger partial charge >= 0.3 is 20.1 Å². The van der Waals surface area contributed by atoms with Gasteiger partial charge in [-0.05, 0) is 40.7 Å². The zero-order valence-electron chi connectivity index (χ0n) is 23.7. The van der Waals surface area contributed by atoms with Crippen LogP contribution in [0.25, 0.3) is 33.6 Å². The second-order valence-corrected chi connectivity index (χ2v) is 10.1. The van der Waals surface area contributed by atoms with Crippen molar-refractivity contribution in [2.75, 3.05) is 0 Å². The molecule has 1 aliphatic carbocycles. The van der Waals surface area contributed by atoms with Gasteiger partial charge in [0.05, 0.1) is 11.1 Å². The van der Waals surface area contributed by atoms with E-state index in [1.165, 1.54) is 11.1 Å². The molecule has 7 aromatic rings. The van der Waals surface area contributed by atoms with Gasteiger partial charge in [0.2, 0.25) is 0 Å². The zero-order valence-corrected chi connectivity index (χ0v) is 26.1. The van der Waals surface area contributed by atoms with E-state index in [9.17, 15) is 0 Å². The average Bonchev–Trinajstić information content (AvgIpc) is 3.41. The fourth-order valence-corrected chi connectivity index (χ4v) is 5.81. The minimum atomic E-state index is -0.626. The first-order valence-corrected chi connectivity index (χ1v) is 14.2. The molecule has 0 saturated carbocycles. The number of nitrogens with zero attached hydrogens (tertiary/aromatic N) is 3. The zero-order chi connectivity index (χ0) is 28.9. The van der Waals surface area contributed by atoms with Gasteiger partial charge < -0.3 is 4.98 Å². The summed E-state index contributed by atoms with van der Waals surface area (Å²) >= 11 is 0. The van der Waals surface area contributed by atoms with Crippen molar-refractivity contribution in [2.24, 2.45) is 0 Å². The van der Waals surface area contributed by atoms with E-state index in [-0.39, 0.29) is 20.1 Å². The molecule has 0 radical (unpaired) electrons. The molecule has 3 heterocycles. The fraction of sp³-hybridized carbons (Fsp3) is 0.0250. The molecule has 3 nitrogen and oxygen atoms in total. The van der Waals surface area contributed by atoms with E-state index in [0.29, 0.717) is 0 Å². The normalized spacial score (nSPS) is 14.3. The minimum absolute atomic E-state index is 0. The van der Waals surface area contributed by atoms with Gasteiger partial charge in [0, 0.05) is 23.7 Å². The molecule has 4 aromatic carbocycles. The number of benzene rings is 4. The first-order valence-electron chi connectivity index (χ1n) is 14.2. The Kier molecular flexibility index (Phi) is 8.65. The van der Waals surface area contributed by atoms with E-state index in [1.807, 2.05) is 97.2 Å². The fourth-order valence-electron chi connectivity index (χ4n) is 5.81. The summed E-state index contributed by atoms with van der Waals surface area (Å²) in [5, 5.41) is 0. The van der Waals surface area contributed by atoms with Gasteiger partial charge in [0.15, 0.2) is 0 Å². The van der Waals surface area contributed by atoms with Crippen LogP contribution in [0.2, 0.25) is 0 Å². The molecule has 0 fully saturated rings. The summed E-state index contributed by atoms with van der Waals surface area (Å²) in [6, 6.07) is 58.7. The van der Waals surface area contributed by atoms with Crippen LogP contribution in [0, 0.1) is 18.2 Å². The van der Waals surface area contributed by atoms with Gasteiger partial charge in [-0.3, -0.25) is 9.97 Å². The van der Waals surface area contributed by atoms with Crippen LogP contribution < -0.4 is 0 Å². The smallest absolute Gasteiger partial charge is 0.305 e. The molecule has 0 saturated heterocycles. The van der Waals surface area contributed by atoms with Crippen molar-refractivity contribution < 1.29 is 20.1 Å². The average molecular weight is 741 g/mol. The van der Waals surface area contributed by atoms with Crippen molar-refractivity contribution in [3.05, 3.63) is 199 Å². The van der Waals surface area contributed by atoms with Crippen LogP contribution in [0.4, 0.5) is 0 Å². The summed E-state index contributed by atoms with van der Waals surface area (Å²) in [6.45, 7) is 0. The van der Waals surface area contributed by atoms with Gasteiger partial charge in [-0.25, -0.2) is 0 Å². The number of hydrogen-bond donors (Lipinski definition) is 0. The maximum absolute atomic E-state index is 5.18. The maximum Gasteiger partial charge on any atom is 3.00 e. The van der Waals surface area contributed by atoms with Gasteiger partial charge in [-0.15, -0.1) is 77.4 Å². The van der Waals surface area contributed by atoms with E-state index < -0.39 is 5.41 Å². The monoisotopic (exact) mass is 741 g/mol.